The molecule has 0 aromatic carbocycles. The van der Waals surface area contributed by atoms with E-state index in [2.05, 4.69) is 11.9 Å². The normalized spacial score (nSPS) is 26.5. The lowest BCUT2D eigenvalue weighted by atomic mass is 10.1. The Kier molecular flexibility index (Phi) is 3.49. The Labute approximate surface area is 93.5 Å². The summed E-state index contributed by atoms with van der Waals surface area (Å²) in [4.78, 5) is 16.3. The molecule has 0 N–H and O–H groups in total. The zero-order chi connectivity index (χ0) is 10.7. The van der Waals surface area contributed by atoms with Gasteiger partial charge in [-0.05, 0) is 25.7 Å². The van der Waals surface area contributed by atoms with Crippen LogP contribution in [0.15, 0.2) is 6.20 Å². The highest BCUT2D eigenvalue weighted by Crippen LogP contribution is 2.32. The molecule has 0 spiro atoms. The van der Waals surface area contributed by atoms with Crippen LogP contribution in [-0.2, 0) is 16.0 Å². The number of rotatable bonds is 3. The molecule has 0 amide bonds. The molecule has 0 bridgehead atoms. The second kappa shape index (κ2) is 4.86. The van der Waals surface area contributed by atoms with Crippen LogP contribution in [0.1, 0.15) is 42.2 Å². The molecular formula is C11H15NO2S. The smallest absolute Gasteiger partial charge is 0.148 e. The lowest BCUT2D eigenvalue weighted by molar-refractivity contribution is -0.127. The topological polar surface area (TPSA) is 39.2 Å². The summed E-state index contributed by atoms with van der Waals surface area (Å²) in [6.07, 6.45) is 6.54. The summed E-state index contributed by atoms with van der Waals surface area (Å²) in [6, 6.07) is 0. The Bertz CT molecular complexity index is 337. The molecular weight excluding hydrogens is 210 g/mol. The maximum Gasteiger partial charge on any atom is 0.148 e. The maximum absolute atomic E-state index is 10.7. The fourth-order valence-corrected chi connectivity index (χ4v) is 2.70. The fraction of sp³-hybridized carbons (Fsp3) is 0.636. The highest BCUT2D eigenvalue weighted by Gasteiger charge is 2.25. The van der Waals surface area contributed by atoms with Gasteiger partial charge in [0.05, 0.1) is 0 Å². The van der Waals surface area contributed by atoms with Crippen LogP contribution in [0.3, 0.4) is 0 Å². The number of hydrogen-bond acceptors (Lipinski definition) is 4. The molecule has 1 aromatic rings. The van der Waals surface area contributed by atoms with E-state index in [0.29, 0.717) is 0 Å². The van der Waals surface area contributed by atoms with E-state index >= 15 is 0 Å². The molecule has 4 heteroatoms. The van der Waals surface area contributed by atoms with Crippen LogP contribution in [0.2, 0.25) is 0 Å². The predicted octanol–water partition coefficient (Wildman–Crippen LogP) is 2.51. The Morgan fingerprint density at radius 3 is 3.20 bits per heavy atom. The number of aromatic nitrogens is 1. The van der Waals surface area contributed by atoms with Crippen LogP contribution >= 0.6 is 11.3 Å². The van der Waals surface area contributed by atoms with Gasteiger partial charge >= 0.3 is 0 Å². The molecule has 1 aliphatic rings. The largest absolute Gasteiger partial charge is 0.360 e. The minimum Gasteiger partial charge on any atom is -0.360 e. The number of ether oxygens (including phenoxy) is 1. The summed E-state index contributed by atoms with van der Waals surface area (Å²) < 4.78 is 5.66. The monoisotopic (exact) mass is 225 g/mol. The van der Waals surface area contributed by atoms with Crippen molar-refractivity contribution < 1.29 is 9.53 Å². The van der Waals surface area contributed by atoms with E-state index in [1.807, 2.05) is 6.20 Å². The van der Waals surface area contributed by atoms with Gasteiger partial charge in [-0.25, -0.2) is 4.98 Å². The lowest BCUT2D eigenvalue weighted by Gasteiger charge is -2.25. The van der Waals surface area contributed by atoms with E-state index < -0.39 is 0 Å². The summed E-state index contributed by atoms with van der Waals surface area (Å²) in [7, 11) is 0. The van der Waals surface area contributed by atoms with Crippen LogP contribution in [0.25, 0.3) is 0 Å². The van der Waals surface area contributed by atoms with Gasteiger partial charge in [0.2, 0.25) is 0 Å². The van der Waals surface area contributed by atoms with Gasteiger partial charge in [0.15, 0.2) is 0 Å². The third-order valence-corrected chi connectivity index (χ3v) is 3.87. The first-order valence-corrected chi connectivity index (χ1v) is 6.20. The minimum absolute atomic E-state index is 0.0410. The highest BCUT2D eigenvalue weighted by molar-refractivity contribution is 7.11. The number of carbonyl (C=O) groups excluding carboxylic acids is 1. The summed E-state index contributed by atoms with van der Waals surface area (Å²) >= 11 is 1.70. The molecule has 1 aliphatic heterocycles. The highest BCUT2D eigenvalue weighted by atomic mass is 32.1. The van der Waals surface area contributed by atoms with Crippen molar-refractivity contribution in [3.05, 3.63) is 16.1 Å². The van der Waals surface area contributed by atoms with Gasteiger partial charge in [0.25, 0.3) is 0 Å². The Balaban J connectivity index is 2.06. The van der Waals surface area contributed by atoms with Gasteiger partial charge in [-0.3, -0.25) is 0 Å². The van der Waals surface area contributed by atoms with Crippen LogP contribution < -0.4 is 0 Å². The quantitative estimate of drug-likeness (QED) is 0.742. The minimum atomic E-state index is -0.224. The van der Waals surface area contributed by atoms with Gasteiger partial charge in [-0.1, -0.05) is 6.92 Å². The SMILES string of the molecule is CCc1cnc(C2CCCC(C=O)O2)s1. The van der Waals surface area contributed by atoms with Crippen molar-refractivity contribution in [1.82, 2.24) is 4.98 Å². The van der Waals surface area contributed by atoms with Crippen LogP contribution in [0.4, 0.5) is 0 Å². The number of aryl methyl sites for hydroxylation is 1. The Morgan fingerprint density at radius 2 is 2.53 bits per heavy atom. The van der Waals surface area contributed by atoms with Crippen molar-refractivity contribution in [3.63, 3.8) is 0 Å². The van der Waals surface area contributed by atoms with Gasteiger partial charge in [-0.2, -0.15) is 0 Å². The fourth-order valence-electron chi connectivity index (χ4n) is 1.77. The van der Waals surface area contributed by atoms with Gasteiger partial charge in [0, 0.05) is 11.1 Å². The number of thiazole rings is 1. The first kappa shape index (κ1) is 10.8. The van der Waals surface area contributed by atoms with Gasteiger partial charge in [-0.15, -0.1) is 11.3 Å². The summed E-state index contributed by atoms with van der Waals surface area (Å²) in [6.45, 7) is 2.12. The van der Waals surface area contributed by atoms with E-state index in [0.717, 1.165) is 37.0 Å². The standard InChI is InChI=1S/C11H15NO2S/c1-2-9-6-12-11(15-9)10-5-3-4-8(7-13)14-10/h6-8,10H,2-5H2,1H3. The first-order chi connectivity index (χ1) is 7.33. The second-order valence-corrected chi connectivity index (χ2v) is 4.90. The molecule has 2 atom stereocenters. The molecule has 1 fully saturated rings. The van der Waals surface area contributed by atoms with E-state index in [1.165, 1.54) is 4.88 Å². The molecule has 0 radical (unpaired) electrons. The summed E-state index contributed by atoms with van der Waals surface area (Å²) in [5.41, 5.74) is 0. The van der Waals surface area contributed by atoms with E-state index in [-0.39, 0.29) is 12.2 Å². The lowest BCUT2D eigenvalue weighted by Crippen LogP contribution is -2.23. The van der Waals surface area contributed by atoms with E-state index in [1.54, 1.807) is 11.3 Å². The molecule has 1 saturated heterocycles. The molecule has 0 aliphatic carbocycles. The molecule has 15 heavy (non-hydrogen) atoms. The molecule has 0 saturated carbocycles. The zero-order valence-electron chi connectivity index (χ0n) is 8.81. The number of nitrogens with zero attached hydrogens (tertiary/aromatic N) is 1. The Morgan fingerprint density at radius 1 is 1.67 bits per heavy atom. The van der Waals surface area contributed by atoms with Gasteiger partial charge < -0.3 is 9.53 Å². The number of carbonyl (C=O) groups is 1. The molecule has 2 unspecified atom stereocenters. The molecule has 2 heterocycles. The third-order valence-electron chi connectivity index (χ3n) is 2.64. The maximum atomic E-state index is 10.7. The number of hydrogen-bond donors (Lipinski definition) is 0. The van der Waals surface area contributed by atoms with E-state index in [4.69, 9.17) is 4.74 Å². The second-order valence-electron chi connectivity index (χ2n) is 3.75. The average Bonchev–Trinajstić information content (AvgIpc) is 2.78. The third kappa shape index (κ3) is 2.44. The molecule has 3 nitrogen and oxygen atoms in total. The predicted molar refractivity (Wildman–Crippen MR) is 59.0 cm³/mol. The van der Waals surface area contributed by atoms with Crippen LogP contribution in [0.5, 0.6) is 0 Å². The average molecular weight is 225 g/mol. The van der Waals surface area contributed by atoms with Crippen LogP contribution in [0, 0.1) is 0 Å². The van der Waals surface area contributed by atoms with Crippen molar-refractivity contribution in [1.29, 1.82) is 0 Å². The van der Waals surface area contributed by atoms with Crippen molar-refractivity contribution >= 4 is 17.6 Å². The van der Waals surface area contributed by atoms with Crippen molar-refractivity contribution in [2.45, 2.75) is 44.8 Å². The van der Waals surface area contributed by atoms with Crippen molar-refractivity contribution in [2.24, 2.45) is 0 Å². The van der Waals surface area contributed by atoms with Gasteiger partial charge in [0.1, 0.15) is 23.5 Å². The summed E-state index contributed by atoms with van der Waals surface area (Å²) in [5.74, 6) is 0. The molecule has 82 valence electrons. The molecule has 2 rings (SSSR count). The van der Waals surface area contributed by atoms with E-state index in [9.17, 15) is 4.79 Å². The Hall–Kier alpha value is -0.740. The van der Waals surface area contributed by atoms with Crippen molar-refractivity contribution in [3.8, 4) is 0 Å². The molecule has 1 aromatic heterocycles. The van der Waals surface area contributed by atoms with Crippen molar-refractivity contribution in [2.75, 3.05) is 0 Å². The number of aldehydes is 1. The zero-order valence-corrected chi connectivity index (χ0v) is 9.63. The first-order valence-electron chi connectivity index (χ1n) is 5.39. The van der Waals surface area contributed by atoms with Crippen LogP contribution in [-0.4, -0.2) is 17.4 Å². The summed E-state index contributed by atoms with van der Waals surface area (Å²) in [5, 5.41) is 1.03.